The first-order valence-electron chi connectivity index (χ1n) is 9.92. The van der Waals surface area contributed by atoms with Crippen molar-refractivity contribution in [1.29, 1.82) is 0 Å². The maximum atomic E-state index is 12.2. The number of rotatable bonds is 10. The molecule has 3 aromatic rings. The molecule has 1 aromatic heterocycles. The Balaban J connectivity index is 1.64. The summed E-state index contributed by atoms with van der Waals surface area (Å²) < 4.78 is 5.66. The number of benzene rings is 2. The minimum Gasteiger partial charge on any atom is -0.508 e. The number of aromatic hydroxyl groups is 1. The van der Waals surface area contributed by atoms with E-state index in [9.17, 15) is 24.8 Å². The van der Waals surface area contributed by atoms with Gasteiger partial charge in [0, 0.05) is 24.0 Å². The number of ketones is 2. The maximum Gasteiger partial charge on any atom is 0.276 e. The fourth-order valence-corrected chi connectivity index (χ4v) is 2.82. The topological polar surface area (TPSA) is 120 Å². The van der Waals surface area contributed by atoms with Gasteiger partial charge in [-0.25, -0.2) is 0 Å². The fourth-order valence-electron chi connectivity index (χ4n) is 2.82. The quantitative estimate of drug-likeness (QED) is 0.211. The summed E-state index contributed by atoms with van der Waals surface area (Å²) in [5.41, 5.74) is 1.53. The highest BCUT2D eigenvalue weighted by atomic mass is 16.6. The van der Waals surface area contributed by atoms with E-state index in [1.54, 1.807) is 30.6 Å². The molecule has 0 radical (unpaired) electrons. The molecule has 8 nitrogen and oxygen atoms in total. The number of nitro benzene ring substituents is 1. The number of phenolic OH excluding ortho intramolecular Hbond substituents is 1. The number of hydrogen-bond donors (Lipinski definition) is 1. The summed E-state index contributed by atoms with van der Waals surface area (Å²) in [5.74, 6) is -0.406. The summed E-state index contributed by atoms with van der Waals surface area (Å²) in [6.45, 7) is 0.232. The van der Waals surface area contributed by atoms with Gasteiger partial charge in [-0.2, -0.15) is 0 Å². The molecule has 0 aliphatic carbocycles. The first kappa shape index (κ1) is 23.1. The lowest BCUT2D eigenvalue weighted by atomic mass is 10.1. The smallest absolute Gasteiger partial charge is 0.276 e. The average Bonchev–Trinajstić information content (AvgIpc) is 2.81. The van der Waals surface area contributed by atoms with E-state index in [-0.39, 0.29) is 30.0 Å². The van der Waals surface area contributed by atoms with E-state index in [4.69, 9.17) is 4.74 Å². The molecule has 166 valence electrons. The van der Waals surface area contributed by atoms with Crippen LogP contribution in [-0.4, -0.2) is 26.6 Å². The predicted octanol–water partition coefficient (Wildman–Crippen LogP) is 4.53. The van der Waals surface area contributed by atoms with Gasteiger partial charge < -0.3 is 9.84 Å². The Hall–Kier alpha value is -4.59. The Morgan fingerprint density at radius 3 is 2.42 bits per heavy atom. The highest BCUT2D eigenvalue weighted by molar-refractivity contribution is 6.11. The zero-order valence-corrected chi connectivity index (χ0v) is 17.5. The maximum absolute atomic E-state index is 12.2. The van der Waals surface area contributed by atoms with Crippen LogP contribution in [0.3, 0.4) is 0 Å². The molecule has 0 fully saturated rings. The van der Waals surface area contributed by atoms with Crippen LogP contribution in [0.4, 0.5) is 5.69 Å². The number of allylic oxidation sites excluding steroid dienone is 2. The summed E-state index contributed by atoms with van der Waals surface area (Å²) in [4.78, 5) is 39.0. The van der Waals surface area contributed by atoms with Gasteiger partial charge in [-0.3, -0.25) is 24.7 Å². The summed E-state index contributed by atoms with van der Waals surface area (Å²) in [6, 6.07) is 14.1. The molecular weight excluding hydrogens is 424 g/mol. The van der Waals surface area contributed by atoms with Gasteiger partial charge in [-0.15, -0.1) is 0 Å². The second-order valence-corrected chi connectivity index (χ2v) is 7.00. The molecule has 0 saturated carbocycles. The molecule has 8 heteroatoms. The van der Waals surface area contributed by atoms with Gasteiger partial charge in [0.25, 0.3) is 5.69 Å². The van der Waals surface area contributed by atoms with E-state index in [1.807, 2.05) is 6.07 Å². The van der Waals surface area contributed by atoms with E-state index in [0.717, 1.165) is 11.6 Å². The van der Waals surface area contributed by atoms with Crippen molar-refractivity contribution in [2.45, 2.75) is 13.0 Å². The summed E-state index contributed by atoms with van der Waals surface area (Å²) in [6.07, 6.45) is 8.16. The Morgan fingerprint density at radius 1 is 1.03 bits per heavy atom. The molecule has 0 spiro atoms. The lowest BCUT2D eigenvalue weighted by Gasteiger charge is -2.07. The fraction of sp³-hybridized carbons (Fsp3) is 0.0800. The largest absolute Gasteiger partial charge is 0.508 e. The van der Waals surface area contributed by atoms with Crippen molar-refractivity contribution in [2.75, 3.05) is 0 Å². The molecular formula is C25H20N2O6. The molecule has 0 aliphatic heterocycles. The van der Waals surface area contributed by atoms with Crippen molar-refractivity contribution in [3.63, 3.8) is 0 Å². The Labute approximate surface area is 189 Å². The molecule has 2 aromatic carbocycles. The lowest BCUT2D eigenvalue weighted by molar-refractivity contribution is -0.385. The van der Waals surface area contributed by atoms with Crippen molar-refractivity contribution < 1.29 is 24.4 Å². The number of phenols is 1. The van der Waals surface area contributed by atoms with Crippen LogP contribution in [0, 0.1) is 10.1 Å². The third-order valence-electron chi connectivity index (χ3n) is 4.48. The van der Waals surface area contributed by atoms with E-state index in [0.29, 0.717) is 11.3 Å². The summed E-state index contributed by atoms with van der Waals surface area (Å²) in [5, 5.41) is 20.6. The van der Waals surface area contributed by atoms with Crippen LogP contribution in [0.2, 0.25) is 0 Å². The number of carbonyl (C=O) groups is 2. The molecule has 0 saturated heterocycles. The molecule has 0 aliphatic rings. The molecule has 0 unspecified atom stereocenters. The van der Waals surface area contributed by atoms with Crippen LogP contribution in [0.5, 0.6) is 11.5 Å². The van der Waals surface area contributed by atoms with Gasteiger partial charge in [-0.1, -0.05) is 24.3 Å². The minimum atomic E-state index is -0.555. The zero-order chi connectivity index (χ0) is 23.6. The lowest BCUT2D eigenvalue weighted by Crippen LogP contribution is -2.02. The Kier molecular flexibility index (Phi) is 7.80. The normalized spacial score (nSPS) is 11.0. The van der Waals surface area contributed by atoms with Crippen molar-refractivity contribution in [1.82, 2.24) is 4.98 Å². The number of nitrogens with zero attached hydrogens (tertiary/aromatic N) is 2. The van der Waals surface area contributed by atoms with Crippen LogP contribution < -0.4 is 4.74 Å². The Morgan fingerprint density at radius 2 is 1.76 bits per heavy atom. The highest BCUT2D eigenvalue weighted by Crippen LogP contribution is 2.26. The van der Waals surface area contributed by atoms with E-state index in [1.165, 1.54) is 48.6 Å². The number of aromatic nitrogens is 1. The van der Waals surface area contributed by atoms with Crippen LogP contribution in [0.25, 0.3) is 12.2 Å². The zero-order valence-electron chi connectivity index (χ0n) is 17.5. The molecule has 0 atom stereocenters. The van der Waals surface area contributed by atoms with E-state index in [2.05, 4.69) is 4.98 Å². The standard InChI is InChI=1S/C25H20N2O6/c28-21-7-3-18(4-8-21)5-9-22(29)15-23(30)10-6-20-14-24(11-12-25(20)27(31)32)33-17-19-2-1-13-26-16-19/h1-14,16,28H,15,17H2/b9-5+,10-6+. The highest BCUT2D eigenvalue weighted by Gasteiger charge is 2.13. The molecule has 3 rings (SSSR count). The summed E-state index contributed by atoms with van der Waals surface area (Å²) >= 11 is 0. The van der Waals surface area contributed by atoms with Crippen LogP contribution in [-0.2, 0) is 16.2 Å². The third-order valence-corrected chi connectivity index (χ3v) is 4.48. The molecule has 1 N–H and O–H groups in total. The number of pyridine rings is 1. The molecule has 1 heterocycles. The predicted molar refractivity (Wildman–Crippen MR) is 122 cm³/mol. The number of hydrogen-bond acceptors (Lipinski definition) is 7. The Bertz CT molecular complexity index is 1200. The molecule has 33 heavy (non-hydrogen) atoms. The average molecular weight is 444 g/mol. The van der Waals surface area contributed by atoms with E-state index < -0.39 is 16.5 Å². The van der Waals surface area contributed by atoms with Gasteiger partial charge in [0.15, 0.2) is 11.6 Å². The number of carbonyl (C=O) groups excluding carboxylic acids is 2. The summed E-state index contributed by atoms with van der Waals surface area (Å²) in [7, 11) is 0. The van der Waals surface area contributed by atoms with E-state index >= 15 is 0 Å². The first-order valence-corrected chi connectivity index (χ1v) is 9.92. The number of ether oxygens (including phenoxy) is 1. The van der Waals surface area contributed by atoms with Gasteiger partial charge in [-0.05, 0) is 54.1 Å². The molecule has 0 bridgehead atoms. The second-order valence-electron chi connectivity index (χ2n) is 7.00. The number of nitro groups is 1. The third kappa shape index (κ3) is 7.25. The monoisotopic (exact) mass is 444 g/mol. The van der Waals surface area contributed by atoms with Gasteiger partial charge in [0.2, 0.25) is 0 Å². The SMILES string of the molecule is O=C(/C=C/c1ccc(O)cc1)CC(=O)/C=C/c1cc(OCc2cccnc2)ccc1[N+](=O)[O-]. The van der Waals surface area contributed by atoms with Crippen molar-refractivity contribution in [3.05, 3.63) is 106 Å². The van der Waals surface area contributed by atoms with Crippen LogP contribution in [0.15, 0.2) is 79.1 Å². The van der Waals surface area contributed by atoms with Crippen LogP contribution in [0.1, 0.15) is 23.1 Å². The van der Waals surface area contributed by atoms with Crippen molar-refractivity contribution in [3.8, 4) is 11.5 Å². The van der Waals surface area contributed by atoms with Gasteiger partial charge in [0.05, 0.1) is 16.9 Å². The minimum absolute atomic E-state index is 0.111. The van der Waals surface area contributed by atoms with Crippen molar-refractivity contribution >= 4 is 29.4 Å². The van der Waals surface area contributed by atoms with Gasteiger partial charge >= 0.3 is 0 Å². The van der Waals surface area contributed by atoms with Crippen molar-refractivity contribution in [2.24, 2.45) is 0 Å². The second kappa shape index (κ2) is 11.1. The molecule has 0 amide bonds. The first-order chi connectivity index (χ1) is 15.9. The van der Waals surface area contributed by atoms with Crippen LogP contribution >= 0.6 is 0 Å². The van der Waals surface area contributed by atoms with Gasteiger partial charge in [0.1, 0.15) is 18.1 Å².